The molecule has 1 aliphatic heterocycles. The lowest BCUT2D eigenvalue weighted by Gasteiger charge is -2.15. The number of aromatic nitrogens is 3. The van der Waals surface area contributed by atoms with E-state index in [-0.39, 0.29) is 17.5 Å². The van der Waals surface area contributed by atoms with E-state index in [4.69, 9.17) is 10.5 Å². The monoisotopic (exact) mass is 413 g/mol. The standard InChI is InChI=1S/C14H16N6O2.C6H11NO/c1-22-6-5-16-14(21)19-9-4-2-3-8-10-12(15)17-7-18-13(10)20-11(8)9;1-6(2)4-3-5(8)7-6/h2-4,7H,5-6H2,1H3,(H2,16,19,21)(H3,15,17,18,20);3-4H2,1-2H3,(H,7,8). The number of carbonyl (C=O) groups excluding carboxylic acids is 2. The summed E-state index contributed by atoms with van der Waals surface area (Å²) in [6, 6.07) is 5.24. The van der Waals surface area contributed by atoms with Crippen molar-refractivity contribution in [2.24, 2.45) is 0 Å². The van der Waals surface area contributed by atoms with Crippen LogP contribution < -0.4 is 21.7 Å². The van der Waals surface area contributed by atoms with Gasteiger partial charge in [-0.3, -0.25) is 4.79 Å². The summed E-state index contributed by atoms with van der Waals surface area (Å²) >= 11 is 0. The molecule has 0 aliphatic carbocycles. The fraction of sp³-hybridized carbons (Fsp3) is 0.400. The highest BCUT2D eigenvalue weighted by Gasteiger charge is 2.27. The highest BCUT2D eigenvalue weighted by Crippen LogP contribution is 2.31. The highest BCUT2D eigenvalue weighted by molar-refractivity contribution is 6.15. The number of hydrogen-bond acceptors (Lipinski definition) is 6. The van der Waals surface area contributed by atoms with Crippen molar-refractivity contribution >= 4 is 45.4 Å². The molecule has 2 aromatic heterocycles. The Morgan fingerprint density at radius 2 is 2.13 bits per heavy atom. The first-order valence-electron chi connectivity index (χ1n) is 9.66. The summed E-state index contributed by atoms with van der Waals surface area (Å²) < 4.78 is 4.89. The summed E-state index contributed by atoms with van der Waals surface area (Å²) in [7, 11) is 1.58. The number of H-pyrrole nitrogens is 1. The van der Waals surface area contributed by atoms with Crippen LogP contribution in [0, 0.1) is 0 Å². The topological polar surface area (TPSA) is 147 Å². The number of anilines is 2. The van der Waals surface area contributed by atoms with Crippen molar-refractivity contribution in [1.82, 2.24) is 25.6 Å². The fourth-order valence-corrected chi connectivity index (χ4v) is 3.24. The van der Waals surface area contributed by atoms with Gasteiger partial charge in [0.2, 0.25) is 5.91 Å². The number of para-hydroxylation sites is 1. The minimum Gasteiger partial charge on any atom is -0.383 e. The van der Waals surface area contributed by atoms with Gasteiger partial charge in [0, 0.05) is 31.0 Å². The van der Waals surface area contributed by atoms with Crippen molar-refractivity contribution in [3.05, 3.63) is 24.5 Å². The number of ether oxygens (including phenoxy) is 1. The normalized spacial score (nSPS) is 14.8. The molecule has 1 fully saturated rings. The molecule has 10 heteroatoms. The molecule has 0 bridgehead atoms. The van der Waals surface area contributed by atoms with Gasteiger partial charge in [-0.1, -0.05) is 12.1 Å². The largest absolute Gasteiger partial charge is 0.383 e. The smallest absolute Gasteiger partial charge is 0.319 e. The number of nitrogen functional groups attached to an aromatic ring is 1. The second kappa shape index (κ2) is 8.95. The molecule has 1 aliphatic rings. The van der Waals surface area contributed by atoms with Crippen molar-refractivity contribution in [1.29, 1.82) is 0 Å². The molecule has 6 N–H and O–H groups in total. The molecule has 10 nitrogen and oxygen atoms in total. The Bertz CT molecular complexity index is 1060. The number of benzene rings is 1. The zero-order valence-corrected chi connectivity index (χ0v) is 17.3. The van der Waals surface area contributed by atoms with Crippen molar-refractivity contribution in [2.75, 3.05) is 31.3 Å². The van der Waals surface area contributed by atoms with Crippen LogP contribution in [-0.4, -0.2) is 52.7 Å². The Hall–Kier alpha value is -3.40. The first kappa shape index (κ1) is 21.3. The molecule has 0 radical (unpaired) electrons. The lowest BCUT2D eigenvalue weighted by molar-refractivity contribution is -0.119. The van der Waals surface area contributed by atoms with Gasteiger partial charge in [0.1, 0.15) is 17.8 Å². The summed E-state index contributed by atoms with van der Waals surface area (Å²) in [5.41, 5.74) is 8.02. The van der Waals surface area contributed by atoms with Gasteiger partial charge in [-0.25, -0.2) is 14.8 Å². The minimum atomic E-state index is -0.303. The Morgan fingerprint density at radius 1 is 1.33 bits per heavy atom. The maximum absolute atomic E-state index is 11.9. The first-order chi connectivity index (χ1) is 14.3. The minimum absolute atomic E-state index is 0.0666. The highest BCUT2D eigenvalue weighted by atomic mass is 16.5. The molecular formula is C20H27N7O3. The summed E-state index contributed by atoms with van der Waals surface area (Å²) in [4.78, 5) is 33.8. The van der Waals surface area contributed by atoms with E-state index in [2.05, 4.69) is 30.9 Å². The Labute approximate surface area is 174 Å². The van der Waals surface area contributed by atoms with Crippen LogP contribution >= 0.6 is 0 Å². The number of methoxy groups -OCH3 is 1. The number of hydrogen-bond donors (Lipinski definition) is 5. The number of fused-ring (bicyclic) bond motifs is 3. The van der Waals surface area contributed by atoms with E-state index in [9.17, 15) is 9.59 Å². The summed E-state index contributed by atoms with van der Waals surface area (Å²) in [6.07, 6.45) is 3.08. The van der Waals surface area contributed by atoms with Crippen LogP contribution in [0.3, 0.4) is 0 Å². The third-order valence-electron chi connectivity index (χ3n) is 4.75. The van der Waals surface area contributed by atoms with E-state index < -0.39 is 0 Å². The van der Waals surface area contributed by atoms with Gasteiger partial charge in [-0.05, 0) is 26.3 Å². The van der Waals surface area contributed by atoms with Gasteiger partial charge in [-0.15, -0.1) is 0 Å². The van der Waals surface area contributed by atoms with E-state index in [1.165, 1.54) is 6.33 Å². The van der Waals surface area contributed by atoms with E-state index >= 15 is 0 Å². The second-order valence-electron chi connectivity index (χ2n) is 7.64. The van der Waals surface area contributed by atoms with Gasteiger partial charge in [0.25, 0.3) is 0 Å². The number of nitrogens with one attached hydrogen (secondary N) is 4. The predicted molar refractivity (Wildman–Crippen MR) is 116 cm³/mol. The third kappa shape index (κ3) is 4.95. The van der Waals surface area contributed by atoms with Crippen molar-refractivity contribution < 1.29 is 14.3 Å². The van der Waals surface area contributed by atoms with Gasteiger partial charge in [-0.2, -0.15) is 0 Å². The molecule has 4 rings (SSSR count). The van der Waals surface area contributed by atoms with Crippen molar-refractivity contribution in [3.8, 4) is 0 Å². The number of carbonyl (C=O) groups is 2. The zero-order chi connectivity index (χ0) is 21.7. The van der Waals surface area contributed by atoms with Crippen LogP contribution in [0.25, 0.3) is 21.9 Å². The van der Waals surface area contributed by atoms with Gasteiger partial charge < -0.3 is 31.4 Å². The Kier molecular flexibility index (Phi) is 6.36. The zero-order valence-electron chi connectivity index (χ0n) is 17.3. The molecule has 0 spiro atoms. The summed E-state index contributed by atoms with van der Waals surface area (Å²) in [5.74, 6) is 0.591. The first-order valence-corrected chi connectivity index (χ1v) is 9.66. The predicted octanol–water partition coefficient (Wildman–Crippen LogP) is 2.14. The average molecular weight is 413 g/mol. The fourth-order valence-electron chi connectivity index (χ4n) is 3.24. The van der Waals surface area contributed by atoms with Gasteiger partial charge in [0.05, 0.1) is 23.2 Å². The van der Waals surface area contributed by atoms with Crippen molar-refractivity contribution in [3.63, 3.8) is 0 Å². The van der Waals surface area contributed by atoms with Crippen LogP contribution in [0.2, 0.25) is 0 Å². The lowest BCUT2D eigenvalue weighted by Crippen LogP contribution is -2.34. The van der Waals surface area contributed by atoms with E-state index in [1.807, 2.05) is 26.0 Å². The van der Waals surface area contributed by atoms with E-state index in [0.29, 0.717) is 36.7 Å². The second-order valence-corrected chi connectivity index (χ2v) is 7.64. The number of aromatic amines is 1. The number of amides is 3. The number of urea groups is 1. The molecule has 160 valence electrons. The molecule has 3 amide bonds. The van der Waals surface area contributed by atoms with Gasteiger partial charge in [0.15, 0.2) is 0 Å². The molecule has 3 aromatic rings. The quantitative estimate of drug-likeness (QED) is 0.414. The summed E-state index contributed by atoms with van der Waals surface area (Å²) in [5, 5.41) is 9.97. The van der Waals surface area contributed by atoms with Crippen LogP contribution in [0.15, 0.2) is 24.5 Å². The van der Waals surface area contributed by atoms with E-state index in [0.717, 1.165) is 22.7 Å². The Morgan fingerprint density at radius 3 is 2.77 bits per heavy atom. The van der Waals surface area contributed by atoms with Crippen LogP contribution in [-0.2, 0) is 9.53 Å². The maximum Gasteiger partial charge on any atom is 0.319 e. The molecule has 0 unspecified atom stereocenters. The number of rotatable bonds is 4. The number of nitrogens with zero attached hydrogens (tertiary/aromatic N) is 2. The molecule has 1 aromatic carbocycles. The summed E-state index contributed by atoms with van der Waals surface area (Å²) in [6.45, 7) is 4.97. The lowest BCUT2D eigenvalue weighted by atomic mass is 10.0. The Balaban J connectivity index is 0.000000269. The molecule has 30 heavy (non-hydrogen) atoms. The molecule has 1 saturated heterocycles. The molecule has 0 atom stereocenters. The van der Waals surface area contributed by atoms with Crippen LogP contribution in [0.4, 0.5) is 16.3 Å². The van der Waals surface area contributed by atoms with Crippen LogP contribution in [0.5, 0.6) is 0 Å². The molecule has 3 heterocycles. The maximum atomic E-state index is 11.9. The van der Waals surface area contributed by atoms with Crippen molar-refractivity contribution in [2.45, 2.75) is 32.2 Å². The molecular weight excluding hydrogens is 386 g/mol. The van der Waals surface area contributed by atoms with Gasteiger partial charge >= 0.3 is 6.03 Å². The SMILES string of the molecule is CC1(C)CCC(=O)N1.COCCNC(=O)Nc1cccc2c1[nH]c1ncnc(N)c12. The van der Waals surface area contributed by atoms with Crippen LogP contribution in [0.1, 0.15) is 26.7 Å². The molecule has 0 saturated carbocycles. The number of nitrogens with two attached hydrogens (primary N) is 1. The third-order valence-corrected chi connectivity index (χ3v) is 4.75. The average Bonchev–Trinajstić information content (AvgIpc) is 3.23. The van der Waals surface area contributed by atoms with E-state index in [1.54, 1.807) is 13.2 Å².